The predicted octanol–water partition coefficient (Wildman–Crippen LogP) is 1.82. The lowest BCUT2D eigenvalue weighted by atomic mass is 9.98. The van der Waals surface area contributed by atoms with Gasteiger partial charge in [-0.1, -0.05) is 13.3 Å². The molecule has 1 atom stereocenters. The van der Waals surface area contributed by atoms with Crippen molar-refractivity contribution in [3.05, 3.63) is 17.0 Å². The number of rotatable bonds is 8. The fourth-order valence-electron chi connectivity index (χ4n) is 2.70. The van der Waals surface area contributed by atoms with Gasteiger partial charge in [0, 0.05) is 19.3 Å². The number of aromatic nitrogens is 2. The molecular formula is C16H30N4O2. The van der Waals surface area contributed by atoms with E-state index < -0.39 is 5.54 Å². The van der Waals surface area contributed by atoms with Crippen LogP contribution in [-0.2, 0) is 13.5 Å². The fourth-order valence-corrected chi connectivity index (χ4v) is 2.70. The van der Waals surface area contributed by atoms with Gasteiger partial charge in [0.15, 0.2) is 0 Å². The monoisotopic (exact) mass is 310 g/mol. The lowest BCUT2D eigenvalue weighted by Crippen LogP contribution is -2.52. The minimum atomic E-state index is -0.546. The minimum absolute atomic E-state index is 0.0532. The maximum atomic E-state index is 11.9. The Bertz CT molecular complexity index is 499. The van der Waals surface area contributed by atoms with Gasteiger partial charge >= 0.3 is 6.03 Å². The maximum Gasteiger partial charge on any atom is 0.315 e. The number of aliphatic hydroxyl groups excluding tert-OH is 1. The quantitative estimate of drug-likeness (QED) is 0.641. The molecule has 1 heterocycles. The summed E-state index contributed by atoms with van der Waals surface area (Å²) in [6, 6.07) is -0.218. The third-order valence-corrected chi connectivity index (χ3v) is 4.11. The molecule has 0 saturated carbocycles. The summed E-state index contributed by atoms with van der Waals surface area (Å²) in [5.41, 5.74) is 2.95. The van der Waals surface area contributed by atoms with Gasteiger partial charge in [0.05, 0.1) is 17.8 Å². The molecule has 0 aliphatic rings. The largest absolute Gasteiger partial charge is 0.394 e. The van der Waals surface area contributed by atoms with Gasteiger partial charge in [-0.25, -0.2) is 4.79 Å². The number of hydrogen-bond acceptors (Lipinski definition) is 3. The summed E-state index contributed by atoms with van der Waals surface area (Å²) in [7, 11) is 1.95. The van der Waals surface area contributed by atoms with Crippen molar-refractivity contribution in [3.63, 3.8) is 0 Å². The molecular weight excluding hydrogens is 280 g/mol. The van der Waals surface area contributed by atoms with E-state index in [1.807, 2.05) is 32.5 Å². The third kappa shape index (κ3) is 5.02. The zero-order valence-electron chi connectivity index (χ0n) is 14.5. The Hall–Kier alpha value is -1.56. The number of aryl methyl sites for hydroxylation is 2. The van der Waals surface area contributed by atoms with Gasteiger partial charge in [0.1, 0.15) is 0 Å². The summed E-state index contributed by atoms with van der Waals surface area (Å²) in [6.45, 7) is 8.52. The van der Waals surface area contributed by atoms with Gasteiger partial charge in [0.25, 0.3) is 0 Å². The summed E-state index contributed by atoms with van der Waals surface area (Å²) >= 11 is 0. The highest BCUT2D eigenvalue weighted by Crippen LogP contribution is 2.14. The van der Waals surface area contributed by atoms with Crippen LogP contribution in [0.15, 0.2) is 0 Å². The van der Waals surface area contributed by atoms with E-state index in [9.17, 15) is 9.90 Å². The molecule has 1 unspecified atom stereocenters. The van der Waals surface area contributed by atoms with Crippen LogP contribution < -0.4 is 10.6 Å². The predicted molar refractivity (Wildman–Crippen MR) is 87.9 cm³/mol. The molecule has 126 valence electrons. The Kier molecular flexibility index (Phi) is 6.87. The Morgan fingerprint density at radius 2 is 2.09 bits per heavy atom. The van der Waals surface area contributed by atoms with Gasteiger partial charge in [-0.15, -0.1) is 0 Å². The third-order valence-electron chi connectivity index (χ3n) is 4.11. The zero-order chi connectivity index (χ0) is 16.8. The van der Waals surface area contributed by atoms with Gasteiger partial charge in [-0.3, -0.25) is 4.68 Å². The highest BCUT2D eigenvalue weighted by Gasteiger charge is 2.24. The second kappa shape index (κ2) is 8.17. The van der Waals surface area contributed by atoms with Crippen molar-refractivity contribution in [1.29, 1.82) is 0 Å². The van der Waals surface area contributed by atoms with Crippen molar-refractivity contribution < 1.29 is 9.90 Å². The molecule has 6 nitrogen and oxygen atoms in total. The van der Waals surface area contributed by atoms with Crippen LogP contribution in [-0.4, -0.2) is 39.6 Å². The van der Waals surface area contributed by atoms with Crippen molar-refractivity contribution in [1.82, 2.24) is 20.4 Å². The number of carbonyl (C=O) groups excluding carboxylic acids is 1. The first-order valence-corrected chi connectivity index (χ1v) is 7.99. The fraction of sp³-hybridized carbons (Fsp3) is 0.750. The first-order valence-electron chi connectivity index (χ1n) is 7.99. The lowest BCUT2D eigenvalue weighted by Gasteiger charge is -2.28. The summed E-state index contributed by atoms with van der Waals surface area (Å²) in [6.07, 6.45) is 3.43. The van der Waals surface area contributed by atoms with Crippen LogP contribution in [0.5, 0.6) is 0 Å². The summed E-state index contributed by atoms with van der Waals surface area (Å²) in [4.78, 5) is 11.9. The smallest absolute Gasteiger partial charge is 0.315 e. The van der Waals surface area contributed by atoms with Crippen LogP contribution in [0.3, 0.4) is 0 Å². The molecule has 3 N–H and O–H groups in total. The zero-order valence-corrected chi connectivity index (χ0v) is 14.5. The number of carbonyl (C=O) groups is 1. The molecule has 1 aromatic heterocycles. The average Bonchev–Trinajstić information content (AvgIpc) is 2.69. The molecule has 0 spiro atoms. The van der Waals surface area contributed by atoms with Crippen molar-refractivity contribution in [2.75, 3.05) is 13.2 Å². The molecule has 0 saturated heterocycles. The molecule has 6 heteroatoms. The first-order chi connectivity index (χ1) is 10.3. The van der Waals surface area contributed by atoms with E-state index >= 15 is 0 Å². The van der Waals surface area contributed by atoms with E-state index in [2.05, 4.69) is 22.7 Å². The van der Waals surface area contributed by atoms with E-state index in [-0.39, 0.29) is 12.6 Å². The molecule has 0 bridgehead atoms. The molecule has 2 amide bonds. The number of hydrogen-bond donors (Lipinski definition) is 3. The van der Waals surface area contributed by atoms with Crippen molar-refractivity contribution in [2.45, 2.75) is 58.9 Å². The van der Waals surface area contributed by atoms with Crippen LogP contribution in [0.1, 0.15) is 50.1 Å². The van der Waals surface area contributed by atoms with Crippen LogP contribution in [0, 0.1) is 13.8 Å². The summed E-state index contributed by atoms with van der Waals surface area (Å²) < 4.78 is 1.89. The molecule has 0 aromatic carbocycles. The Balaban J connectivity index is 2.36. The van der Waals surface area contributed by atoms with E-state index in [4.69, 9.17) is 0 Å². The highest BCUT2D eigenvalue weighted by molar-refractivity contribution is 5.74. The lowest BCUT2D eigenvalue weighted by molar-refractivity contribution is 0.163. The van der Waals surface area contributed by atoms with Crippen LogP contribution in [0.25, 0.3) is 0 Å². The van der Waals surface area contributed by atoms with E-state index in [0.717, 1.165) is 31.4 Å². The van der Waals surface area contributed by atoms with Crippen molar-refractivity contribution >= 4 is 6.03 Å². The van der Waals surface area contributed by atoms with Crippen molar-refractivity contribution in [3.8, 4) is 0 Å². The molecule has 0 radical (unpaired) electrons. The topological polar surface area (TPSA) is 79.2 Å². The van der Waals surface area contributed by atoms with Crippen molar-refractivity contribution in [2.24, 2.45) is 7.05 Å². The maximum absolute atomic E-state index is 11.9. The van der Waals surface area contributed by atoms with Gasteiger partial charge in [0.2, 0.25) is 0 Å². The van der Waals surface area contributed by atoms with Gasteiger partial charge in [-0.2, -0.15) is 5.10 Å². The van der Waals surface area contributed by atoms with Gasteiger partial charge < -0.3 is 15.7 Å². The highest BCUT2D eigenvalue weighted by atomic mass is 16.3. The van der Waals surface area contributed by atoms with E-state index in [0.29, 0.717) is 6.54 Å². The standard InChI is InChI=1S/C16H30N4O2/c1-6-9-16(4,11-21)18-15(22)17-10-7-8-14-12(2)19-20(5)13(14)3/h21H,6-11H2,1-5H3,(H2,17,18,22). The molecule has 0 aliphatic heterocycles. The van der Waals surface area contributed by atoms with Crippen LogP contribution >= 0.6 is 0 Å². The summed E-state index contributed by atoms with van der Waals surface area (Å²) in [5.74, 6) is 0. The number of aliphatic hydroxyl groups is 1. The second-order valence-electron chi connectivity index (χ2n) is 6.23. The Labute approximate surface area is 133 Å². The SMILES string of the molecule is CCCC(C)(CO)NC(=O)NCCCc1c(C)nn(C)c1C. The van der Waals surface area contributed by atoms with Gasteiger partial charge in [-0.05, 0) is 45.6 Å². The normalized spacial score (nSPS) is 13.7. The van der Waals surface area contributed by atoms with Crippen LogP contribution in [0.4, 0.5) is 4.79 Å². The minimum Gasteiger partial charge on any atom is -0.394 e. The Morgan fingerprint density at radius 3 is 2.59 bits per heavy atom. The molecule has 0 fully saturated rings. The first kappa shape index (κ1) is 18.5. The molecule has 0 aliphatic carbocycles. The molecule has 1 aromatic rings. The van der Waals surface area contributed by atoms with Crippen LogP contribution in [0.2, 0.25) is 0 Å². The molecule has 1 rings (SSSR count). The summed E-state index contributed by atoms with van der Waals surface area (Å²) in [5, 5.41) is 19.5. The van der Waals surface area contributed by atoms with E-state index in [1.54, 1.807) is 0 Å². The van der Waals surface area contributed by atoms with E-state index in [1.165, 1.54) is 11.3 Å². The second-order valence-corrected chi connectivity index (χ2v) is 6.23. The number of nitrogens with one attached hydrogen (secondary N) is 2. The molecule has 22 heavy (non-hydrogen) atoms. The Morgan fingerprint density at radius 1 is 1.41 bits per heavy atom. The number of urea groups is 1. The number of nitrogens with zero attached hydrogens (tertiary/aromatic N) is 2. The number of amides is 2. The average molecular weight is 310 g/mol.